The number of rotatable bonds is 9. The Morgan fingerprint density at radius 3 is 2.36 bits per heavy atom. The molecule has 0 spiro atoms. The molecule has 0 fully saturated rings. The second-order valence-corrected chi connectivity index (χ2v) is 7.08. The van der Waals surface area contributed by atoms with Gasteiger partial charge in [0.05, 0.1) is 18.8 Å². The summed E-state index contributed by atoms with van der Waals surface area (Å²) < 4.78 is 1.94. The highest BCUT2D eigenvalue weighted by Gasteiger charge is 2.25. The minimum absolute atomic E-state index is 0.123. The summed E-state index contributed by atoms with van der Waals surface area (Å²) in [6.07, 6.45) is 2.75. The Hall–Kier alpha value is -1.56. The van der Waals surface area contributed by atoms with Gasteiger partial charge in [-0.3, -0.25) is 9.67 Å². The maximum Gasteiger partial charge on any atom is 0.191 e. The normalized spacial score (nSPS) is 13.8. The fraction of sp³-hybridized carbons (Fsp3) is 0.789. The van der Waals surface area contributed by atoms with Gasteiger partial charge in [0, 0.05) is 30.7 Å². The average Bonchev–Trinajstić information content (AvgIpc) is 2.83. The summed E-state index contributed by atoms with van der Waals surface area (Å²) in [6, 6.07) is 0.242. The highest BCUT2D eigenvalue weighted by atomic mass is 16.3. The van der Waals surface area contributed by atoms with Crippen LogP contribution in [0.5, 0.6) is 0 Å². The number of aryl methyl sites for hydroxylation is 2. The minimum atomic E-state index is -0.123. The van der Waals surface area contributed by atoms with Crippen molar-refractivity contribution in [3.05, 3.63) is 17.0 Å². The van der Waals surface area contributed by atoms with E-state index >= 15 is 0 Å². The molecule has 0 aliphatic carbocycles. The first-order valence-electron chi connectivity index (χ1n) is 9.47. The molecule has 1 atom stereocenters. The van der Waals surface area contributed by atoms with Gasteiger partial charge in [0.1, 0.15) is 0 Å². The molecule has 3 N–H and O–H groups in total. The molecule has 6 nitrogen and oxygen atoms in total. The molecule has 0 aromatic carbocycles. The van der Waals surface area contributed by atoms with Crippen molar-refractivity contribution in [2.24, 2.45) is 17.5 Å². The van der Waals surface area contributed by atoms with Gasteiger partial charge in [-0.15, -0.1) is 0 Å². The summed E-state index contributed by atoms with van der Waals surface area (Å²) in [6.45, 7) is 14.3. The minimum Gasteiger partial charge on any atom is -0.396 e. The second-order valence-electron chi connectivity index (χ2n) is 7.08. The van der Waals surface area contributed by atoms with Crippen LogP contribution < -0.4 is 10.6 Å². The zero-order chi connectivity index (χ0) is 19.0. The number of nitrogens with one attached hydrogen (secondary N) is 2. The molecule has 25 heavy (non-hydrogen) atoms. The number of aliphatic hydroxyl groups is 1. The van der Waals surface area contributed by atoms with Gasteiger partial charge in [0.2, 0.25) is 0 Å². The van der Waals surface area contributed by atoms with Gasteiger partial charge in [-0.1, -0.05) is 13.8 Å². The van der Waals surface area contributed by atoms with E-state index in [2.05, 4.69) is 57.3 Å². The lowest BCUT2D eigenvalue weighted by Gasteiger charge is -2.28. The zero-order valence-electron chi connectivity index (χ0n) is 17.1. The summed E-state index contributed by atoms with van der Waals surface area (Å²) in [4.78, 5) is 4.74. The first-order chi connectivity index (χ1) is 11.8. The zero-order valence-corrected chi connectivity index (χ0v) is 17.1. The van der Waals surface area contributed by atoms with E-state index in [9.17, 15) is 5.11 Å². The molecule has 0 bridgehead atoms. The standard InChI is InChI=1S/C19H37N5O/c1-8-19(9-2,13-25)12-21-18(20-10-3)22-14(4)11-17-15(5)23-24(7)16(17)6/h14,25H,8-13H2,1-7H3,(H2,20,21,22). The van der Waals surface area contributed by atoms with Gasteiger partial charge >= 0.3 is 0 Å². The van der Waals surface area contributed by atoms with Crippen LogP contribution in [0.4, 0.5) is 0 Å². The van der Waals surface area contributed by atoms with Gasteiger partial charge < -0.3 is 15.7 Å². The summed E-state index contributed by atoms with van der Waals surface area (Å²) in [7, 11) is 1.99. The average molecular weight is 352 g/mol. The van der Waals surface area contributed by atoms with Crippen molar-refractivity contribution in [3.63, 3.8) is 0 Å². The molecule has 1 unspecified atom stereocenters. The summed E-state index contributed by atoms with van der Waals surface area (Å²) >= 11 is 0. The number of nitrogens with zero attached hydrogens (tertiary/aromatic N) is 3. The monoisotopic (exact) mass is 351 g/mol. The van der Waals surface area contributed by atoms with E-state index in [-0.39, 0.29) is 18.1 Å². The summed E-state index contributed by atoms with van der Waals surface area (Å²) in [5.74, 6) is 0.814. The predicted octanol–water partition coefficient (Wildman–Crippen LogP) is 2.32. The fourth-order valence-corrected chi connectivity index (χ4v) is 3.02. The van der Waals surface area contributed by atoms with Crippen LogP contribution in [-0.4, -0.2) is 46.6 Å². The number of aliphatic hydroxyl groups excluding tert-OH is 1. The van der Waals surface area contributed by atoms with Crippen molar-refractivity contribution in [2.45, 2.75) is 66.8 Å². The molecular formula is C19H37N5O. The van der Waals surface area contributed by atoms with Gasteiger partial charge in [0.15, 0.2) is 5.96 Å². The van der Waals surface area contributed by atoms with Gasteiger partial charge in [0.25, 0.3) is 0 Å². The van der Waals surface area contributed by atoms with E-state index in [1.807, 2.05) is 11.7 Å². The van der Waals surface area contributed by atoms with Crippen LogP contribution >= 0.6 is 0 Å². The van der Waals surface area contributed by atoms with Gasteiger partial charge in [-0.25, -0.2) is 0 Å². The van der Waals surface area contributed by atoms with Crippen LogP contribution in [0.25, 0.3) is 0 Å². The number of aliphatic imine (C=N–C) groups is 1. The molecule has 144 valence electrons. The quantitative estimate of drug-likeness (QED) is 0.471. The third-order valence-corrected chi connectivity index (χ3v) is 5.30. The van der Waals surface area contributed by atoms with Crippen LogP contribution in [0.1, 0.15) is 57.5 Å². The van der Waals surface area contributed by atoms with Gasteiger partial charge in [-0.05, 0) is 52.5 Å². The number of guanidine groups is 1. The van der Waals surface area contributed by atoms with E-state index in [1.165, 1.54) is 11.3 Å². The van der Waals surface area contributed by atoms with E-state index in [0.717, 1.165) is 37.5 Å². The third-order valence-electron chi connectivity index (χ3n) is 5.30. The molecule has 6 heteroatoms. The molecule has 0 aliphatic rings. The Morgan fingerprint density at radius 1 is 1.28 bits per heavy atom. The van der Waals surface area contributed by atoms with Crippen molar-refractivity contribution >= 4 is 5.96 Å². The largest absolute Gasteiger partial charge is 0.396 e. The number of hydrogen-bond donors (Lipinski definition) is 3. The Bertz CT molecular complexity index is 552. The van der Waals surface area contributed by atoms with Crippen LogP contribution in [-0.2, 0) is 13.5 Å². The molecule has 1 heterocycles. The van der Waals surface area contributed by atoms with E-state index in [4.69, 9.17) is 4.99 Å². The second kappa shape index (κ2) is 9.80. The van der Waals surface area contributed by atoms with Crippen molar-refractivity contribution in [3.8, 4) is 0 Å². The van der Waals surface area contributed by atoms with Crippen LogP contribution in [0.15, 0.2) is 4.99 Å². The lowest BCUT2D eigenvalue weighted by Crippen LogP contribution is -2.44. The Morgan fingerprint density at radius 2 is 1.92 bits per heavy atom. The Kier molecular flexibility index (Phi) is 8.42. The molecule has 0 aliphatic heterocycles. The van der Waals surface area contributed by atoms with Crippen molar-refractivity contribution in [1.29, 1.82) is 0 Å². The lowest BCUT2D eigenvalue weighted by atomic mass is 9.83. The number of hydrogen-bond acceptors (Lipinski definition) is 3. The van der Waals surface area contributed by atoms with Crippen LogP contribution in [0.2, 0.25) is 0 Å². The fourth-order valence-electron chi connectivity index (χ4n) is 3.02. The summed E-state index contributed by atoms with van der Waals surface area (Å²) in [5, 5.41) is 21.0. The van der Waals surface area contributed by atoms with E-state index in [1.54, 1.807) is 0 Å². The molecule has 0 saturated heterocycles. The van der Waals surface area contributed by atoms with Crippen molar-refractivity contribution in [1.82, 2.24) is 20.4 Å². The van der Waals surface area contributed by atoms with Crippen molar-refractivity contribution in [2.75, 3.05) is 19.7 Å². The highest BCUT2D eigenvalue weighted by molar-refractivity contribution is 5.80. The molecule has 0 amide bonds. The molecule has 0 radical (unpaired) electrons. The SMILES string of the molecule is CCNC(=NCC(CC)(CC)CO)NC(C)Cc1c(C)nn(C)c1C. The van der Waals surface area contributed by atoms with Crippen LogP contribution in [0, 0.1) is 19.3 Å². The van der Waals surface area contributed by atoms with Crippen LogP contribution in [0.3, 0.4) is 0 Å². The molecule has 0 saturated carbocycles. The smallest absolute Gasteiger partial charge is 0.191 e. The molecule has 1 rings (SSSR count). The number of aromatic nitrogens is 2. The highest BCUT2D eigenvalue weighted by Crippen LogP contribution is 2.25. The third kappa shape index (κ3) is 5.73. The molecular weight excluding hydrogens is 314 g/mol. The maximum atomic E-state index is 9.74. The lowest BCUT2D eigenvalue weighted by molar-refractivity contribution is 0.123. The van der Waals surface area contributed by atoms with Gasteiger partial charge in [-0.2, -0.15) is 5.10 Å². The first-order valence-corrected chi connectivity index (χ1v) is 9.47. The maximum absolute atomic E-state index is 9.74. The van der Waals surface area contributed by atoms with E-state index < -0.39 is 0 Å². The molecule has 1 aromatic heterocycles. The van der Waals surface area contributed by atoms with E-state index in [0.29, 0.717) is 6.54 Å². The summed E-state index contributed by atoms with van der Waals surface area (Å²) in [5.41, 5.74) is 3.48. The predicted molar refractivity (Wildman–Crippen MR) is 105 cm³/mol. The molecule has 1 aromatic rings. The Labute approximate surface area is 153 Å². The topological polar surface area (TPSA) is 74.5 Å². The Balaban J connectivity index is 2.81. The first kappa shape index (κ1) is 21.5. The van der Waals surface area contributed by atoms with Crippen molar-refractivity contribution < 1.29 is 5.11 Å².